The first-order valence-corrected chi connectivity index (χ1v) is 6.92. The van der Waals surface area contributed by atoms with Crippen molar-refractivity contribution < 1.29 is 8.78 Å². The van der Waals surface area contributed by atoms with Gasteiger partial charge in [-0.25, -0.2) is 13.5 Å². The molecule has 0 saturated heterocycles. The highest BCUT2D eigenvalue weighted by atomic mass is 19.1. The van der Waals surface area contributed by atoms with Crippen molar-refractivity contribution in [1.82, 2.24) is 20.3 Å². The molecule has 0 saturated carbocycles. The van der Waals surface area contributed by atoms with Crippen molar-refractivity contribution >= 4 is 0 Å². The van der Waals surface area contributed by atoms with Crippen LogP contribution in [0.5, 0.6) is 0 Å². The van der Waals surface area contributed by atoms with Crippen molar-refractivity contribution in [1.29, 1.82) is 0 Å². The van der Waals surface area contributed by atoms with Gasteiger partial charge >= 0.3 is 0 Å². The zero-order valence-electron chi connectivity index (χ0n) is 11.6. The Hall–Kier alpha value is -2.60. The normalized spacial score (nSPS) is 13.4. The van der Waals surface area contributed by atoms with E-state index in [0.717, 1.165) is 22.5 Å². The Labute approximate surface area is 125 Å². The van der Waals surface area contributed by atoms with E-state index in [1.54, 1.807) is 22.9 Å². The second-order valence-electron chi connectivity index (χ2n) is 5.18. The molecule has 4 rings (SSSR count). The molecule has 1 aliphatic heterocycles. The van der Waals surface area contributed by atoms with Crippen molar-refractivity contribution in [2.24, 2.45) is 0 Å². The van der Waals surface area contributed by atoms with E-state index in [0.29, 0.717) is 18.8 Å². The van der Waals surface area contributed by atoms with Crippen LogP contribution in [0.4, 0.5) is 8.78 Å². The standard InChI is InChI=1S/C16H12F2N4/c17-12-3-1-10(2-4-12)16-15-9-19-8-11-7-13(18)5-6-14(11)22(15)21-20-16/h1-7,19H,8-9H2. The van der Waals surface area contributed by atoms with Crippen LogP contribution in [0.25, 0.3) is 16.9 Å². The molecule has 110 valence electrons. The fourth-order valence-corrected chi connectivity index (χ4v) is 2.70. The zero-order chi connectivity index (χ0) is 15.1. The van der Waals surface area contributed by atoms with Crippen molar-refractivity contribution in [3.8, 4) is 16.9 Å². The second-order valence-corrected chi connectivity index (χ2v) is 5.18. The fraction of sp³-hybridized carbons (Fsp3) is 0.125. The Bertz CT molecular complexity index is 840. The number of hydrogen-bond acceptors (Lipinski definition) is 3. The Kier molecular flexibility index (Phi) is 2.97. The fourth-order valence-electron chi connectivity index (χ4n) is 2.70. The first-order valence-electron chi connectivity index (χ1n) is 6.92. The topological polar surface area (TPSA) is 42.7 Å². The lowest BCUT2D eigenvalue weighted by Crippen LogP contribution is -2.11. The summed E-state index contributed by atoms with van der Waals surface area (Å²) in [5.41, 5.74) is 4.01. The molecule has 0 unspecified atom stereocenters. The number of hydrogen-bond donors (Lipinski definition) is 1. The van der Waals surface area contributed by atoms with Crippen molar-refractivity contribution in [3.05, 3.63) is 65.4 Å². The molecule has 4 nitrogen and oxygen atoms in total. The molecule has 0 amide bonds. The van der Waals surface area contributed by atoms with E-state index in [2.05, 4.69) is 15.6 Å². The van der Waals surface area contributed by atoms with Crippen LogP contribution in [0.1, 0.15) is 11.3 Å². The zero-order valence-corrected chi connectivity index (χ0v) is 11.6. The molecular weight excluding hydrogens is 286 g/mol. The quantitative estimate of drug-likeness (QED) is 0.751. The highest BCUT2D eigenvalue weighted by Crippen LogP contribution is 2.27. The minimum atomic E-state index is -0.291. The summed E-state index contributed by atoms with van der Waals surface area (Å²) in [6.45, 7) is 1.11. The molecule has 6 heteroatoms. The monoisotopic (exact) mass is 298 g/mol. The maximum atomic E-state index is 13.4. The third-order valence-corrected chi connectivity index (χ3v) is 3.76. The molecule has 1 aliphatic rings. The van der Waals surface area contributed by atoms with Crippen LogP contribution in [-0.2, 0) is 13.1 Å². The van der Waals surface area contributed by atoms with Crippen LogP contribution in [0.15, 0.2) is 42.5 Å². The summed E-state index contributed by atoms with van der Waals surface area (Å²) in [5.74, 6) is -0.566. The van der Waals surface area contributed by atoms with E-state index in [1.807, 2.05) is 0 Å². The average Bonchev–Trinajstić information content (AvgIpc) is 2.84. The molecule has 0 radical (unpaired) electrons. The maximum Gasteiger partial charge on any atom is 0.123 e. The molecule has 1 N–H and O–H groups in total. The van der Waals surface area contributed by atoms with E-state index in [1.165, 1.54) is 24.3 Å². The number of fused-ring (bicyclic) bond motifs is 3. The van der Waals surface area contributed by atoms with E-state index >= 15 is 0 Å². The predicted octanol–water partition coefficient (Wildman–Crippen LogP) is 2.82. The van der Waals surface area contributed by atoms with Crippen molar-refractivity contribution in [2.75, 3.05) is 0 Å². The second kappa shape index (κ2) is 4.99. The summed E-state index contributed by atoms with van der Waals surface area (Å²) in [6, 6.07) is 10.8. The van der Waals surface area contributed by atoms with E-state index in [9.17, 15) is 8.78 Å². The van der Waals surface area contributed by atoms with Crippen LogP contribution < -0.4 is 5.32 Å². The van der Waals surface area contributed by atoms with Crippen molar-refractivity contribution in [3.63, 3.8) is 0 Å². The van der Waals surface area contributed by atoms with Crippen LogP contribution in [-0.4, -0.2) is 15.0 Å². The SMILES string of the molecule is Fc1ccc(-c2nnn3c2CNCc2cc(F)ccc2-3)cc1. The van der Waals surface area contributed by atoms with Gasteiger partial charge in [0, 0.05) is 18.7 Å². The number of halogens is 2. The Balaban J connectivity index is 1.87. The summed E-state index contributed by atoms with van der Waals surface area (Å²) in [6.07, 6.45) is 0. The van der Waals surface area contributed by atoms with E-state index in [4.69, 9.17) is 0 Å². The predicted molar refractivity (Wildman–Crippen MR) is 77.3 cm³/mol. The van der Waals surface area contributed by atoms with E-state index < -0.39 is 0 Å². The lowest BCUT2D eigenvalue weighted by molar-refractivity contribution is 0.621. The molecule has 0 bridgehead atoms. The molecule has 2 aromatic carbocycles. The first-order chi connectivity index (χ1) is 10.7. The third-order valence-electron chi connectivity index (χ3n) is 3.76. The molecule has 22 heavy (non-hydrogen) atoms. The van der Waals surface area contributed by atoms with Gasteiger partial charge in [0.05, 0.1) is 11.4 Å². The van der Waals surface area contributed by atoms with Gasteiger partial charge in [-0.2, -0.15) is 0 Å². The lowest BCUT2D eigenvalue weighted by atomic mass is 10.1. The Morgan fingerprint density at radius 3 is 2.55 bits per heavy atom. The third kappa shape index (κ3) is 2.08. The molecular formula is C16H12F2N4. The Morgan fingerprint density at radius 1 is 0.955 bits per heavy atom. The first kappa shape index (κ1) is 13.1. The summed E-state index contributed by atoms with van der Waals surface area (Å²) < 4.78 is 28.2. The minimum Gasteiger partial charge on any atom is -0.307 e. The molecule has 0 spiro atoms. The summed E-state index contributed by atoms with van der Waals surface area (Å²) in [5, 5.41) is 11.7. The Morgan fingerprint density at radius 2 is 1.73 bits per heavy atom. The van der Waals surface area contributed by atoms with Gasteiger partial charge in [0.15, 0.2) is 0 Å². The van der Waals surface area contributed by atoms with Gasteiger partial charge in [0.25, 0.3) is 0 Å². The maximum absolute atomic E-state index is 13.4. The number of nitrogens with zero attached hydrogens (tertiary/aromatic N) is 3. The van der Waals surface area contributed by atoms with Gasteiger partial charge in [-0.05, 0) is 48.0 Å². The van der Waals surface area contributed by atoms with Gasteiger partial charge < -0.3 is 5.32 Å². The molecule has 0 fully saturated rings. The number of benzene rings is 2. The highest BCUT2D eigenvalue weighted by Gasteiger charge is 2.20. The van der Waals surface area contributed by atoms with E-state index in [-0.39, 0.29) is 11.6 Å². The largest absolute Gasteiger partial charge is 0.307 e. The molecule has 1 aromatic heterocycles. The van der Waals surface area contributed by atoms with Gasteiger partial charge in [0.2, 0.25) is 0 Å². The summed E-state index contributed by atoms with van der Waals surface area (Å²) in [4.78, 5) is 0. The lowest BCUT2D eigenvalue weighted by Gasteiger charge is -2.06. The van der Waals surface area contributed by atoms with Crippen LogP contribution in [0.3, 0.4) is 0 Å². The minimum absolute atomic E-state index is 0.275. The van der Waals surface area contributed by atoms with Crippen LogP contribution in [0.2, 0.25) is 0 Å². The van der Waals surface area contributed by atoms with Gasteiger partial charge in [-0.3, -0.25) is 0 Å². The number of nitrogens with one attached hydrogen (secondary N) is 1. The number of rotatable bonds is 1. The van der Waals surface area contributed by atoms with Crippen LogP contribution in [0, 0.1) is 11.6 Å². The van der Waals surface area contributed by atoms with Gasteiger partial charge in [-0.15, -0.1) is 5.10 Å². The highest BCUT2D eigenvalue weighted by molar-refractivity contribution is 5.62. The van der Waals surface area contributed by atoms with Crippen LogP contribution >= 0.6 is 0 Å². The van der Waals surface area contributed by atoms with Gasteiger partial charge in [-0.1, -0.05) is 5.21 Å². The smallest absolute Gasteiger partial charge is 0.123 e. The van der Waals surface area contributed by atoms with Gasteiger partial charge in [0.1, 0.15) is 17.3 Å². The number of aromatic nitrogens is 3. The molecule has 0 atom stereocenters. The molecule has 3 aromatic rings. The average molecular weight is 298 g/mol. The van der Waals surface area contributed by atoms with Crippen molar-refractivity contribution in [2.45, 2.75) is 13.1 Å². The summed E-state index contributed by atoms with van der Waals surface area (Å²) in [7, 11) is 0. The molecule has 0 aliphatic carbocycles. The summed E-state index contributed by atoms with van der Waals surface area (Å²) >= 11 is 0. The molecule has 2 heterocycles.